The first-order valence-electron chi connectivity index (χ1n) is 6.32. The molecule has 1 atom stereocenters. The minimum absolute atomic E-state index is 0.435. The molecular formula is C15H15NO. The van der Waals surface area contributed by atoms with Crippen LogP contribution in [0.1, 0.15) is 17.7 Å². The average Bonchev–Trinajstić information content (AvgIpc) is 3.15. The summed E-state index contributed by atoms with van der Waals surface area (Å²) in [4.78, 5) is 0. The number of hydrogen-bond acceptors (Lipinski definition) is 1. The van der Waals surface area contributed by atoms with Gasteiger partial charge in [-0.05, 0) is 30.5 Å². The Bertz CT molecular complexity index is 605. The Morgan fingerprint density at radius 2 is 2.18 bits per heavy atom. The second-order valence-corrected chi connectivity index (χ2v) is 4.89. The van der Waals surface area contributed by atoms with Crippen molar-refractivity contribution in [3.63, 3.8) is 0 Å². The second-order valence-electron chi connectivity index (χ2n) is 4.89. The fourth-order valence-corrected chi connectivity index (χ4v) is 2.84. The van der Waals surface area contributed by atoms with Gasteiger partial charge >= 0.3 is 0 Å². The average molecular weight is 225 g/mol. The normalized spacial score (nSPS) is 21.8. The number of allylic oxidation sites excluding steroid dienone is 1. The van der Waals surface area contributed by atoms with Crippen molar-refractivity contribution < 1.29 is 4.74 Å². The molecule has 0 saturated carbocycles. The number of epoxide rings is 1. The molecule has 2 aliphatic rings. The molecule has 1 aromatic carbocycles. The van der Waals surface area contributed by atoms with Crippen LogP contribution in [0.25, 0.3) is 17.0 Å². The first-order valence-corrected chi connectivity index (χ1v) is 6.32. The molecule has 17 heavy (non-hydrogen) atoms. The quantitative estimate of drug-likeness (QED) is 0.718. The van der Waals surface area contributed by atoms with Crippen molar-refractivity contribution in [2.75, 3.05) is 6.61 Å². The first-order chi connectivity index (χ1) is 8.43. The summed E-state index contributed by atoms with van der Waals surface area (Å²) in [5, 5.41) is 1.42. The van der Waals surface area contributed by atoms with Gasteiger partial charge in [-0.25, -0.2) is 0 Å². The number of hydrogen-bond donors (Lipinski definition) is 0. The van der Waals surface area contributed by atoms with Crippen molar-refractivity contribution in [3.8, 4) is 0 Å². The van der Waals surface area contributed by atoms with Gasteiger partial charge in [0.25, 0.3) is 0 Å². The van der Waals surface area contributed by atoms with E-state index >= 15 is 0 Å². The summed E-state index contributed by atoms with van der Waals surface area (Å²) in [5.74, 6) is 0. The molecule has 1 aliphatic heterocycles. The van der Waals surface area contributed by atoms with Crippen LogP contribution in [0.2, 0.25) is 0 Å². The highest BCUT2D eigenvalue weighted by molar-refractivity contribution is 5.88. The predicted molar refractivity (Wildman–Crippen MR) is 69.0 cm³/mol. The van der Waals surface area contributed by atoms with Crippen molar-refractivity contribution in [1.29, 1.82) is 0 Å². The van der Waals surface area contributed by atoms with Crippen LogP contribution in [-0.4, -0.2) is 17.3 Å². The second kappa shape index (κ2) is 3.47. The lowest BCUT2D eigenvalue weighted by Gasteiger charge is -2.10. The number of ether oxygens (including phenoxy) is 1. The van der Waals surface area contributed by atoms with E-state index in [1.807, 2.05) is 0 Å². The summed E-state index contributed by atoms with van der Waals surface area (Å²) in [5.41, 5.74) is 4.27. The molecule has 0 bridgehead atoms. The van der Waals surface area contributed by atoms with Crippen LogP contribution in [0.3, 0.4) is 0 Å². The van der Waals surface area contributed by atoms with E-state index in [1.165, 1.54) is 35.0 Å². The molecule has 0 N–H and O–H groups in total. The third-order valence-electron chi connectivity index (χ3n) is 3.75. The van der Waals surface area contributed by atoms with E-state index < -0.39 is 0 Å². The van der Waals surface area contributed by atoms with Crippen LogP contribution >= 0.6 is 0 Å². The summed E-state index contributed by atoms with van der Waals surface area (Å²) < 4.78 is 7.81. The van der Waals surface area contributed by atoms with Gasteiger partial charge < -0.3 is 9.30 Å². The van der Waals surface area contributed by atoms with Gasteiger partial charge in [-0.1, -0.05) is 24.3 Å². The number of rotatable bonds is 2. The number of benzene rings is 1. The molecule has 4 rings (SSSR count). The number of para-hydroxylation sites is 1. The highest BCUT2D eigenvalue weighted by Gasteiger charge is 2.26. The summed E-state index contributed by atoms with van der Waals surface area (Å²) in [6.07, 6.45) is 7.34. The molecule has 1 aliphatic carbocycles. The van der Waals surface area contributed by atoms with E-state index in [-0.39, 0.29) is 0 Å². The molecule has 0 spiro atoms. The molecule has 0 amide bonds. The van der Waals surface area contributed by atoms with Crippen molar-refractivity contribution in [1.82, 2.24) is 4.57 Å². The fraction of sp³-hybridized carbons (Fsp3) is 0.333. The van der Waals surface area contributed by atoms with E-state index in [0.29, 0.717) is 6.10 Å². The maximum Gasteiger partial charge on any atom is 0.0988 e. The number of nitrogens with zero attached hydrogens (tertiary/aromatic N) is 1. The first kappa shape index (κ1) is 9.49. The molecule has 0 radical (unpaired) electrons. The summed E-state index contributed by atoms with van der Waals surface area (Å²) in [6, 6.07) is 8.74. The zero-order valence-electron chi connectivity index (χ0n) is 9.73. The highest BCUT2D eigenvalue weighted by Crippen LogP contribution is 2.32. The van der Waals surface area contributed by atoms with E-state index in [1.54, 1.807) is 0 Å². The Morgan fingerprint density at radius 3 is 3.06 bits per heavy atom. The van der Waals surface area contributed by atoms with Crippen molar-refractivity contribution in [3.05, 3.63) is 41.6 Å². The molecule has 86 valence electrons. The van der Waals surface area contributed by atoms with Crippen LogP contribution in [0.15, 0.2) is 30.3 Å². The predicted octanol–water partition coefficient (Wildman–Crippen LogP) is 3.00. The van der Waals surface area contributed by atoms with Crippen LogP contribution in [0, 0.1) is 0 Å². The third-order valence-corrected chi connectivity index (χ3v) is 3.75. The maximum atomic E-state index is 5.38. The standard InChI is InChI=1S/C15H15NO/c1-3-7-14-12(5-1)13-6-2-4-8-15(13)16(14)9-11-10-17-11/h1,3-5,7-8,11H,2,6,9-10H2. The molecular weight excluding hydrogens is 210 g/mol. The molecule has 2 heteroatoms. The lowest BCUT2D eigenvalue weighted by Crippen LogP contribution is -2.07. The van der Waals surface area contributed by atoms with E-state index in [4.69, 9.17) is 4.74 Å². The molecule has 1 unspecified atom stereocenters. The maximum absolute atomic E-state index is 5.38. The molecule has 2 nitrogen and oxygen atoms in total. The zero-order chi connectivity index (χ0) is 11.2. The minimum atomic E-state index is 0.435. The third kappa shape index (κ3) is 1.44. The topological polar surface area (TPSA) is 17.5 Å². The van der Waals surface area contributed by atoms with E-state index in [0.717, 1.165) is 13.2 Å². The van der Waals surface area contributed by atoms with Gasteiger partial charge in [-0.2, -0.15) is 0 Å². The monoisotopic (exact) mass is 225 g/mol. The van der Waals surface area contributed by atoms with Gasteiger partial charge in [-0.3, -0.25) is 0 Å². The lowest BCUT2D eigenvalue weighted by molar-refractivity contribution is 0.385. The Labute approximate surface area is 100 Å². The molecule has 1 saturated heterocycles. The summed E-state index contributed by atoms with van der Waals surface area (Å²) in [7, 11) is 0. The summed E-state index contributed by atoms with van der Waals surface area (Å²) in [6.45, 7) is 1.92. The van der Waals surface area contributed by atoms with Crippen LogP contribution in [0.4, 0.5) is 0 Å². The minimum Gasteiger partial charge on any atom is -0.371 e. The van der Waals surface area contributed by atoms with Gasteiger partial charge in [0.15, 0.2) is 0 Å². The van der Waals surface area contributed by atoms with Gasteiger partial charge in [0.1, 0.15) is 0 Å². The molecule has 1 aromatic heterocycles. The Morgan fingerprint density at radius 1 is 1.29 bits per heavy atom. The van der Waals surface area contributed by atoms with Crippen LogP contribution in [-0.2, 0) is 17.7 Å². The van der Waals surface area contributed by atoms with Gasteiger partial charge in [-0.15, -0.1) is 0 Å². The SMILES string of the molecule is C1=Cc2c(c3ccccc3n2CC2CO2)CC1. The largest absolute Gasteiger partial charge is 0.371 e. The van der Waals surface area contributed by atoms with E-state index in [9.17, 15) is 0 Å². The smallest absolute Gasteiger partial charge is 0.0988 e. The van der Waals surface area contributed by atoms with Gasteiger partial charge in [0.2, 0.25) is 0 Å². The van der Waals surface area contributed by atoms with Crippen LogP contribution < -0.4 is 0 Å². The van der Waals surface area contributed by atoms with Crippen molar-refractivity contribution >= 4 is 17.0 Å². The molecule has 2 heterocycles. The number of fused-ring (bicyclic) bond motifs is 3. The van der Waals surface area contributed by atoms with E-state index in [2.05, 4.69) is 41.0 Å². The van der Waals surface area contributed by atoms with Crippen molar-refractivity contribution in [2.45, 2.75) is 25.5 Å². The Balaban J connectivity index is 1.99. The summed E-state index contributed by atoms with van der Waals surface area (Å²) >= 11 is 0. The molecule has 2 aromatic rings. The Kier molecular flexibility index (Phi) is 1.94. The van der Waals surface area contributed by atoms with Crippen molar-refractivity contribution in [2.24, 2.45) is 0 Å². The van der Waals surface area contributed by atoms with Gasteiger partial charge in [0, 0.05) is 16.6 Å². The lowest BCUT2D eigenvalue weighted by atomic mass is 10.0. The fourth-order valence-electron chi connectivity index (χ4n) is 2.84. The van der Waals surface area contributed by atoms with Gasteiger partial charge in [0.05, 0.1) is 19.3 Å². The molecule has 1 fully saturated rings. The number of aromatic nitrogens is 1. The van der Waals surface area contributed by atoms with Crippen LogP contribution in [0.5, 0.6) is 0 Å². The Hall–Kier alpha value is -1.54. The number of aryl methyl sites for hydroxylation is 1. The zero-order valence-corrected chi connectivity index (χ0v) is 9.73. The highest BCUT2D eigenvalue weighted by atomic mass is 16.6.